The van der Waals surface area contributed by atoms with E-state index >= 15 is 0 Å². The molecule has 0 saturated heterocycles. The first kappa shape index (κ1) is 16.8. The highest BCUT2D eigenvalue weighted by Gasteiger charge is 2.20. The molecule has 0 radical (unpaired) electrons. The Balaban J connectivity index is 2.11. The van der Waals surface area contributed by atoms with Gasteiger partial charge in [-0.1, -0.05) is 18.2 Å². The third-order valence-electron chi connectivity index (χ3n) is 3.11. The van der Waals surface area contributed by atoms with Crippen molar-refractivity contribution >= 4 is 27.3 Å². The van der Waals surface area contributed by atoms with Crippen LogP contribution in [0.5, 0.6) is 5.75 Å². The summed E-state index contributed by atoms with van der Waals surface area (Å²) in [5, 5.41) is 2.66. The Hall–Kier alpha value is -2.54. The van der Waals surface area contributed by atoms with Crippen molar-refractivity contribution in [1.29, 1.82) is 0 Å². The monoisotopic (exact) mass is 334 g/mol. The highest BCUT2D eigenvalue weighted by Crippen LogP contribution is 2.18. The van der Waals surface area contributed by atoms with Crippen LogP contribution in [0.4, 0.5) is 11.4 Å². The Morgan fingerprint density at radius 2 is 1.70 bits per heavy atom. The minimum atomic E-state index is -3.56. The number of carbonyl (C=O) groups excluding carboxylic acids is 1. The Kier molecular flexibility index (Phi) is 5.23. The Morgan fingerprint density at radius 3 is 2.22 bits per heavy atom. The Labute approximate surface area is 135 Å². The van der Waals surface area contributed by atoms with Crippen LogP contribution in [0.1, 0.15) is 0 Å². The zero-order valence-corrected chi connectivity index (χ0v) is 13.7. The predicted octanol–water partition coefficient (Wildman–Crippen LogP) is 2.10. The quantitative estimate of drug-likeness (QED) is 0.878. The van der Waals surface area contributed by atoms with Gasteiger partial charge in [0, 0.05) is 5.69 Å². The number of anilines is 2. The standard InChI is InChI=1S/C16H18N2O4S/c1-22-15-10-8-13(9-11-15)17-16(19)12-18(23(2,20)21)14-6-4-3-5-7-14/h3-11H,12H2,1-2H3,(H,17,19). The third-order valence-corrected chi connectivity index (χ3v) is 4.25. The number of methoxy groups -OCH3 is 1. The van der Waals surface area contributed by atoms with Crippen molar-refractivity contribution in [3.63, 3.8) is 0 Å². The van der Waals surface area contributed by atoms with Gasteiger partial charge in [-0.05, 0) is 36.4 Å². The SMILES string of the molecule is COc1ccc(NC(=O)CN(c2ccccc2)S(C)(=O)=O)cc1. The molecule has 6 nitrogen and oxygen atoms in total. The fourth-order valence-corrected chi connectivity index (χ4v) is 2.86. The molecule has 23 heavy (non-hydrogen) atoms. The number of hydrogen-bond donors (Lipinski definition) is 1. The van der Waals surface area contributed by atoms with Gasteiger partial charge in [-0.25, -0.2) is 8.42 Å². The van der Waals surface area contributed by atoms with Crippen molar-refractivity contribution in [2.75, 3.05) is 29.5 Å². The van der Waals surface area contributed by atoms with Gasteiger partial charge in [0.1, 0.15) is 12.3 Å². The average Bonchev–Trinajstić information content (AvgIpc) is 2.53. The summed E-state index contributed by atoms with van der Waals surface area (Å²) in [6, 6.07) is 15.3. The van der Waals surface area contributed by atoms with E-state index in [0.29, 0.717) is 17.1 Å². The van der Waals surface area contributed by atoms with Gasteiger partial charge in [0.05, 0.1) is 19.1 Å². The highest BCUT2D eigenvalue weighted by atomic mass is 32.2. The number of rotatable bonds is 6. The lowest BCUT2D eigenvalue weighted by atomic mass is 10.3. The van der Waals surface area contributed by atoms with Gasteiger partial charge in [-0.2, -0.15) is 0 Å². The van der Waals surface area contributed by atoms with Crippen molar-refractivity contribution in [3.05, 3.63) is 54.6 Å². The molecule has 0 aromatic heterocycles. The average molecular weight is 334 g/mol. The molecule has 0 heterocycles. The second kappa shape index (κ2) is 7.15. The van der Waals surface area contributed by atoms with E-state index in [4.69, 9.17) is 4.74 Å². The molecule has 0 aliphatic heterocycles. The summed E-state index contributed by atoms with van der Waals surface area (Å²) in [5.74, 6) is 0.245. The van der Waals surface area contributed by atoms with Crippen LogP contribution in [-0.2, 0) is 14.8 Å². The molecule has 122 valence electrons. The molecule has 1 N–H and O–H groups in total. The van der Waals surface area contributed by atoms with Crippen molar-refractivity contribution in [2.24, 2.45) is 0 Å². The van der Waals surface area contributed by atoms with Crippen LogP contribution in [0, 0.1) is 0 Å². The van der Waals surface area contributed by atoms with E-state index in [1.54, 1.807) is 61.7 Å². The number of ether oxygens (including phenoxy) is 1. The molecule has 0 atom stereocenters. The molecule has 0 saturated carbocycles. The van der Waals surface area contributed by atoms with Gasteiger partial charge >= 0.3 is 0 Å². The van der Waals surface area contributed by atoms with E-state index in [2.05, 4.69) is 5.32 Å². The second-order valence-electron chi connectivity index (χ2n) is 4.88. The topological polar surface area (TPSA) is 75.7 Å². The fraction of sp³-hybridized carbons (Fsp3) is 0.188. The molecular formula is C16H18N2O4S. The second-order valence-corrected chi connectivity index (χ2v) is 6.79. The number of hydrogen-bond acceptors (Lipinski definition) is 4. The zero-order valence-electron chi connectivity index (χ0n) is 12.9. The van der Waals surface area contributed by atoms with Crippen molar-refractivity contribution in [3.8, 4) is 5.75 Å². The van der Waals surface area contributed by atoms with E-state index in [1.807, 2.05) is 0 Å². The third kappa shape index (κ3) is 4.72. The molecule has 0 spiro atoms. The number of sulfonamides is 1. The van der Waals surface area contributed by atoms with Crippen LogP contribution >= 0.6 is 0 Å². The zero-order chi connectivity index (χ0) is 16.9. The van der Waals surface area contributed by atoms with Gasteiger partial charge < -0.3 is 10.1 Å². The lowest BCUT2D eigenvalue weighted by Gasteiger charge is -2.21. The van der Waals surface area contributed by atoms with E-state index in [9.17, 15) is 13.2 Å². The smallest absolute Gasteiger partial charge is 0.245 e. The highest BCUT2D eigenvalue weighted by molar-refractivity contribution is 7.92. The molecule has 2 aromatic rings. The van der Waals surface area contributed by atoms with Crippen LogP contribution in [-0.4, -0.2) is 34.2 Å². The van der Waals surface area contributed by atoms with Crippen LogP contribution in [0.2, 0.25) is 0 Å². The maximum Gasteiger partial charge on any atom is 0.245 e. The largest absolute Gasteiger partial charge is 0.497 e. The number of benzene rings is 2. The lowest BCUT2D eigenvalue weighted by molar-refractivity contribution is -0.114. The summed E-state index contributed by atoms with van der Waals surface area (Å²) >= 11 is 0. The van der Waals surface area contributed by atoms with Crippen molar-refractivity contribution in [1.82, 2.24) is 0 Å². The summed E-state index contributed by atoms with van der Waals surface area (Å²) in [4.78, 5) is 12.1. The van der Waals surface area contributed by atoms with E-state index in [-0.39, 0.29) is 6.54 Å². The summed E-state index contributed by atoms with van der Waals surface area (Å²) in [6.07, 6.45) is 1.07. The van der Waals surface area contributed by atoms with Gasteiger partial charge in [0.25, 0.3) is 0 Å². The van der Waals surface area contributed by atoms with Crippen LogP contribution < -0.4 is 14.4 Å². The summed E-state index contributed by atoms with van der Waals surface area (Å²) in [6.45, 7) is -0.297. The Morgan fingerprint density at radius 1 is 1.09 bits per heavy atom. The predicted molar refractivity (Wildman–Crippen MR) is 90.3 cm³/mol. The normalized spacial score (nSPS) is 10.9. The molecular weight excluding hydrogens is 316 g/mol. The molecule has 0 aliphatic carbocycles. The molecule has 1 amide bonds. The molecule has 2 aromatic carbocycles. The van der Waals surface area contributed by atoms with Crippen molar-refractivity contribution in [2.45, 2.75) is 0 Å². The van der Waals surface area contributed by atoms with Crippen LogP contribution in [0.25, 0.3) is 0 Å². The number of amides is 1. The summed E-state index contributed by atoms with van der Waals surface area (Å²) < 4.78 is 30.0. The number of nitrogens with zero attached hydrogens (tertiary/aromatic N) is 1. The van der Waals surface area contributed by atoms with Gasteiger partial charge in [0.15, 0.2) is 0 Å². The van der Waals surface area contributed by atoms with Gasteiger partial charge in [-0.15, -0.1) is 0 Å². The molecule has 0 bridgehead atoms. The molecule has 0 aliphatic rings. The maximum atomic E-state index is 12.1. The molecule has 7 heteroatoms. The van der Waals surface area contributed by atoms with E-state index in [1.165, 1.54) is 0 Å². The lowest BCUT2D eigenvalue weighted by Crippen LogP contribution is -2.37. The first-order valence-corrected chi connectivity index (χ1v) is 8.71. The Bertz CT molecular complexity index is 758. The van der Waals surface area contributed by atoms with E-state index in [0.717, 1.165) is 10.6 Å². The molecule has 0 unspecified atom stereocenters. The fourth-order valence-electron chi connectivity index (χ4n) is 2.00. The van der Waals surface area contributed by atoms with Gasteiger partial charge in [-0.3, -0.25) is 9.10 Å². The maximum absolute atomic E-state index is 12.1. The minimum Gasteiger partial charge on any atom is -0.497 e. The summed E-state index contributed by atoms with van der Waals surface area (Å²) in [7, 11) is -2.01. The summed E-state index contributed by atoms with van der Waals surface area (Å²) in [5.41, 5.74) is 1.01. The molecule has 0 fully saturated rings. The number of para-hydroxylation sites is 1. The van der Waals surface area contributed by atoms with Crippen LogP contribution in [0.3, 0.4) is 0 Å². The van der Waals surface area contributed by atoms with Gasteiger partial charge in [0.2, 0.25) is 15.9 Å². The first-order chi connectivity index (χ1) is 10.9. The van der Waals surface area contributed by atoms with E-state index < -0.39 is 15.9 Å². The van der Waals surface area contributed by atoms with Crippen LogP contribution in [0.15, 0.2) is 54.6 Å². The minimum absolute atomic E-state index is 0.297. The number of carbonyl (C=O) groups is 1. The first-order valence-electron chi connectivity index (χ1n) is 6.87. The number of nitrogens with one attached hydrogen (secondary N) is 1. The van der Waals surface area contributed by atoms with Crippen molar-refractivity contribution < 1.29 is 17.9 Å². The molecule has 2 rings (SSSR count).